The predicted octanol–water partition coefficient (Wildman–Crippen LogP) is 3.58. The van der Waals surface area contributed by atoms with Crippen LogP contribution in [0.4, 0.5) is 5.82 Å². The summed E-state index contributed by atoms with van der Waals surface area (Å²) in [5.41, 5.74) is 15.8. The Morgan fingerprint density at radius 2 is 2.09 bits per heavy atom. The van der Waals surface area contributed by atoms with Crippen molar-refractivity contribution in [1.29, 1.82) is 0 Å². The number of azide groups is 1. The molecule has 1 saturated heterocycles. The summed E-state index contributed by atoms with van der Waals surface area (Å²) in [4.78, 5) is 28.1. The molecule has 1 fully saturated rings. The van der Waals surface area contributed by atoms with Gasteiger partial charge in [-0.25, -0.2) is 15.0 Å². The van der Waals surface area contributed by atoms with E-state index in [4.69, 9.17) is 25.2 Å². The van der Waals surface area contributed by atoms with Crippen molar-refractivity contribution in [3.8, 4) is 0 Å². The van der Waals surface area contributed by atoms with Crippen LogP contribution >= 0.6 is 0 Å². The summed E-state index contributed by atoms with van der Waals surface area (Å²) in [5, 5.41) is 3.63. The maximum atomic E-state index is 12.5. The fourth-order valence-corrected chi connectivity index (χ4v) is 5.00. The third-order valence-corrected chi connectivity index (χ3v) is 10.9. The minimum atomic E-state index is -2.30. The Balaban J connectivity index is 2.08. The zero-order valence-electron chi connectivity index (χ0n) is 19.9. The molecule has 0 radical (unpaired) electrons. The van der Waals surface area contributed by atoms with Crippen LogP contribution < -0.4 is 5.73 Å². The molecule has 2 aromatic rings. The first-order valence-corrected chi connectivity index (χ1v) is 13.8. The maximum Gasteiger partial charge on any atom is 0.306 e. The van der Waals surface area contributed by atoms with Gasteiger partial charge >= 0.3 is 5.97 Å². The number of fused-ring (bicyclic) bond motifs is 1. The minimum Gasteiger partial charge on any atom is -0.466 e. The van der Waals surface area contributed by atoms with E-state index in [1.54, 1.807) is 17.8 Å². The van der Waals surface area contributed by atoms with Gasteiger partial charge in [-0.2, -0.15) is 0 Å². The SMILES string of the molecule is CCOC(=O)C[C@H]1[C@@H](O[Si](C)(C)C(C)(C)C)[C@H](n2cnc3c(N)ncnc32)O[C@@H]1CN=[N+]=[N-]. The molecule has 33 heavy (non-hydrogen) atoms. The number of rotatable bonds is 8. The summed E-state index contributed by atoms with van der Waals surface area (Å²) in [7, 11) is -2.30. The fourth-order valence-electron chi connectivity index (χ4n) is 3.68. The van der Waals surface area contributed by atoms with Gasteiger partial charge in [-0.3, -0.25) is 9.36 Å². The van der Waals surface area contributed by atoms with Gasteiger partial charge in [-0.1, -0.05) is 25.9 Å². The van der Waals surface area contributed by atoms with Crippen LogP contribution in [0.3, 0.4) is 0 Å². The second-order valence-electron chi connectivity index (χ2n) is 9.58. The molecule has 2 N–H and O–H groups in total. The number of hydrogen-bond donors (Lipinski definition) is 1. The van der Waals surface area contributed by atoms with E-state index in [0.717, 1.165) is 0 Å². The van der Waals surface area contributed by atoms with E-state index in [9.17, 15) is 4.79 Å². The van der Waals surface area contributed by atoms with Crippen molar-refractivity contribution in [2.24, 2.45) is 11.0 Å². The zero-order chi connectivity index (χ0) is 24.4. The van der Waals surface area contributed by atoms with Crippen molar-refractivity contribution in [1.82, 2.24) is 19.5 Å². The average Bonchev–Trinajstić information content (AvgIpc) is 3.28. The van der Waals surface area contributed by atoms with E-state index >= 15 is 0 Å². The summed E-state index contributed by atoms with van der Waals surface area (Å²) in [6.07, 6.45) is 1.28. The van der Waals surface area contributed by atoms with Crippen LogP contribution in [0.15, 0.2) is 17.8 Å². The van der Waals surface area contributed by atoms with Gasteiger partial charge in [0.15, 0.2) is 26.0 Å². The van der Waals surface area contributed by atoms with Gasteiger partial charge in [0.25, 0.3) is 0 Å². The van der Waals surface area contributed by atoms with E-state index in [1.165, 1.54) is 6.33 Å². The molecule has 0 bridgehead atoms. The van der Waals surface area contributed by atoms with Gasteiger partial charge in [0.1, 0.15) is 11.8 Å². The number of anilines is 1. The molecule has 4 atom stereocenters. The van der Waals surface area contributed by atoms with Gasteiger partial charge < -0.3 is 19.6 Å². The molecule has 0 aliphatic carbocycles. The lowest BCUT2D eigenvalue weighted by molar-refractivity contribution is -0.145. The van der Waals surface area contributed by atoms with Crippen LogP contribution in [-0.2, 0) is 18.7 Å². The number of carbonyl (C=O) groups is 1. The van der Waals surface area contributed by atoms with Gasteiger partial charge in [0.05, 0.1) is 38.1 Å². The van der Waals surface area contributed by atoms with Crippen molar-refractivity contribution in [3.05, 3.63) is 23.1 Å². The molecular formula is C20H32N8O4Si. The monoisotopic (exact) mass is 476 g/mol. The number of hydrogen-bond acceptors (Lipinski definition) is 9. The second kappa shape index (κ2) is 9.63. The summed E-state index contributed by atoms with van der Waals surface area (Å²) in [5.74, 6) is -0.499. The first-order chi connectivity index (χ1) is 15.5. The normalized spacial score (nSPS) is 23.5. The molecule has 180 valence electrons. The smallest absolute Gasteiger partial charge is 0.306 e. The Kier molecular flexibility index (Phi) is 7.27. The van der Waals surface area contributed by atoms with E-state index < -0.39 is 32.7 Å². The van der Waals surface area contributed by atoms with Crippen LogP contribution in [0.25, 0.3) is 21.6 Å². The third kappa shape index (κ3) is 5.11. The molecule has 1 aliphatic rings. The summed E-state index contributed by atoms with van der Waals surface area (Å²) >= 11 is 0. The van der Waals surface area contributed by atoms with Crippen LogP contribution in [-0.4, -0.2) is 59.2 Å². The van der Waals surface area contributed by atoms with Crippen molar-refractivity contribution >= 4 is 31.3 Å². The minimum absolute atomic E-state index is 0.0538. The fraction of sp³-hybridized carbons (Fsp3) is 0.700. The van der Waals surface area contributed by atoms with Crippen molar-refractivity contribution in [3.63, 3.8) is 0 Å². The van der Waals surface area contributed by atoms with E-state index in [0.29, 0.717) is 11.2 Å². The molecule has 3 heterocycles. The molecule has 2 aromatic heterocycles. The highest BCUT2D eigenvalue weighted by molar-refractivity contribution is 6.74. The molecule has 12 nitrogen and oxygen atoms in total. The van der Waals surface area contributed by atoms with Gasteiger partial charge in [0.2, 0.25) is 0 Å². The molecule has 1 aliphatic heterocycles. The van der Waals surface area contributed by atoms with Gasteiger partial charge in [0, 0.05) is 10.8 Å². The molecule has 13 heteroatoms. The lowest BCUT2D eigenvalue weighted by atomic mass is 9.94. The lowest BCUT2D eigenvalue weighted by Gasteiger charge is -2.40. The number of nitrogens with zero attached hydrogens (tertiary/aromatic N) is 7. The third-order valence-electron chi connectivity index (χ3n) is 6.43. The number of imidazole rings is 1. The van der Waals surface area contributed by atoms with Crippen molar-refractivity contribution in [2.45, 2.75) is 70.7 Å². The summed E-state index contributed by atoms with van der Waals surface area (Å²) < 4.78 is 20.2. The number of nitrogen functional groups attached to an aromatic ring is 1. The first-order valence-electron chi connectivity index (χ1n) is 10.9. The average molecular weight is 477 g/mol. The molecular weight excluding hydrogens is 444 g/mol. The standard InChI is InChI=1S/C20H32N8O4Si/c1-7-30-14(29)8-12-13(9-26-27-22)31-19(16(12)32-33(5,6)20(2,3)4)28-11-25-15-17(21)23-10-24-18(15)28/h10-13,16,19H,7-9H2,1-6H3,(H2,21,23,24)/t12-,13-,16-,19-/m1/s1. The number of nitrogens with two attached hydrogens (primary N) is 1. The molecule has 0 saturated carbocycles. The highest BCUT2D eigenvalue weighted by atomic mass is 28.4. The van der Waals surface area contributed by atoms with E-state index in [-0.39, 0.29) is 36.4 Å². The van der Waals surface area contributed by atoms with E-state index in [2.05, 4.69) is 58.8 Å². The highest BCUT2D eigenvalue weighted by Crippen LogP contribution is 2.45. The largest absolute Gasteiger partial charge is 0.466 e. The highest BCUT2D eigenvalue weighted by Gasteiger charge is 2.51. The summed E-state index contributed by atoms with van der Waals surface area (Å²) in [6, 6.07) is 0. The number of esters is 1. The molecule has 3 rings (SSSR count). The van der Waals surface area contributed by atoms with Gasteiger partial charge in [-0.15, -0.1) is 0 Å². The lowest BCUT2D eigenvalue weighted by Crippen LogP contribution is -2.47. The Bertz CT molecular complexity index is 1050. The molecule has 0 aromatic carbocycles. The van der Waals surface area contributed by atoms with E-state index in [1.807, 2.05) is 0 Å². The molecule has 0 amide bonds. The number of aromatic nitrogens is 4. The first kappa shape index (κ1) is 24.9. The number of ether oxygens (including phenoxy) is 2. The van der Waals surface area contributed by atoms with Gasteiger partial charge in [-0.05, 0) is 30.6 Å². The number of carbonyl (C=O) groups excluding carboxylic acids is 1. The Labute approximate surface area is 193 Å². The Hall–Kier alpha value is -2.73. The predicted molar refractivity (Wildman–Crippen MR) is 124 cm³/mol. The van der Waals surface area contributed by atoms with Crippen LogP contribution in [0.2, 0.25) is 18.1 Å². The second-order valence-corrected chi connectivity index (χ2v) is 14.3. The van der Waals surface area contributed by atoms with Crippen LogP contribution in [0.5, 0.6) is 0 Å². The van der Waals surface area contributed by atoms with Crippen LogP contribution in [0.1, 0.15) is 40.3 Å². The Morgan fingerprint density at radius 1 is 1.36 bits per heavy atom. The Morgan fingerprint density at radius 3 is 2.73 bits per heavy atom. The van der Waals surface area contributed by atoms with Crippen molar-refractivity contribution < 1.29 is 18.7 Å². The van der Waals surface area contributed by atoms with Crippen molar-refractivity contribution in [2.75, 3.05) is 18.9 Å². The summed E-state index contributed by atoms with van der Waals surface area (Å²) in [6.45, 7) is 12.8. The maximum absolute atomic E-state index is 12.5. The zero-order valence-corrected chi connectivity index (χ0v) is 20.9. The topological polar surface area (TPSA) is 163 Å². The molecule has 0 unspecified atom stereocenters. The quantitative estimate of drug-likeness (QED) is 0.199. The molecule has 0 spiro atoms. The van der Waals surface area contributed by atoms with Crippen LogP contribution in [0, 0.1) is 5.92 Å².